The summed E-state index contributed by atoms with van der Waals surface area (Å²) in [6, 6.07) is 21.2. The topological polar surface area (TPSA) is 90.9 Å². The molecule has 1 aliphatic rings. The number of rotatable bonds is 5. The van der Waals surface area contributed by atoms with Crippen molar-refractivity contribution in [3.8, 4) is 0 Å². The minimum Gasteiger partial charge on any atom is -0.321 e. The van der Waals surface area contributed by atoms with E-state index in [1.807, 2.05) is 38.1 Å². The molecule has 0 unspecified atom stereocenters. The molecule has 3 amide bonds. The third-order valence-electron chi connectivity index (χ3n) is 5.29. The van der Waals surface area contributed by atoms with E-state index >= 15 is 0 Å². The van der Waals surface area contributed by atoms with Gasteiger partial charge in [0.1, 0.15) is 0 Å². The Bertz CT molecular complexity index is 1260. The van der Waals surface area contributed by atoms with E-state index in [4.69, 9.17) is 0 Å². The van der Waals surface area contributed by atoms with Crippen molar-refractivity contribution in [1.82, 2.24) is 5.43 Å². The minimum atomic E-state index is -0.493. The summed E-state index contributed by atoms with van der Waals surface area (Å²) in [6.45, 7) is 3.93. The van der Waals surface area contributed by atoms with Gasteiger partial charge in [0, 0.05) is 5.56 Å². The van der Waals surface area contributed by atoms with Crippen LogP contribution in [0.15, 0.2) is 77.9 Å². The fourth-order valence-electron chi connectivity index (χ4n) is 3.39. The molecule has 1 fully saturated rings. The molecule has 1 saturated heterocycles. The number of amides is 3. The number of nitrogens with zero attached hydrogens (tertiary/aromatic N) is 2. The smallest absolute Gasteiger partial charge is 0.273 e. The Morgan fingerprint density at radius 3 is 2.42 bits per heavy atom. The standard InChI is InChI=1S/C25H22N4O3S/c1-16-9-8-14-21(17(16)2)29-22(30)15-33-25(29)28-27-24(32)19-12-6-7-13-20(19)26-23(31)18-10-4-3-5-11-18/h3-14H,15H2,1-2H3,(H,26,31)(H,27,32)/b28-25-. The number of thioether (sulfide) groups is 1. The Labute approximate surface area is 195 Å². The average molecular weight is 459 g/mol. The van der Waals surface area contributed by atoms with Crippen LogP contribution in [0.25, 0.3) is 0 Å². The monoisotopic (exact) mass is 458 g/mol. The van der Waals surface area contributed by atoms with Crippen molar-refractivity contribution in [3.05, 3.63) is 95.1 Å². The number of hydrogen-bond donors (Lipinski definition) is 2. The molecule has 3 aromatic rings. The lowest BCUT2D eigenvalue weighted by molar-refractivity contribution is -0.115. The summed E-state index contributed by atoms with van der Waals surface area (Å²) < 4.78 is 0. The maximum atomic E-state index is 12.9. The quantitative estimate of drug-likeness (QED) is 0.557. The van der Waals surface area contributed by atoms with Crippen LogP contribution in [0, 0.1) is 13.8 Å². The van der Waals surface area contributed by atoms with E-state index in [0.717, 1.165) is 16.8 Å². The van der Waals surface area contributed by atoms with Crippen LogP contribution in [0.3, 0.4) is 0 Å². The first kappa shape index (κ1) is 22.3. The molecule has 0 bridgehead atoms. The highest BCUT2D eigenvalue weighted by molar-refractivity contribution is 8.15. The number of nitrogens with one attached hydrogen (secondary N) is 2. The molecular weight excluding hydrogens is 436 g/mol. The second kappa shape index (κ2) is 9.70. The zero-order valence-corrected chi connectivity index (χ0v) is 19.0. The summed E-state index contributed by atoms with van der Waals surface area (Å²) in [5.74, 6) is -0.670. The lowest BCUT2D eigenvalue weighted by Crippen LogP contribution is -2.32. The van der Waals surface area contributed by atoms with E-state index in [9.17, 15) is 14.4 Å². The second-order valence-electron chi connectivity index (χ2n) is 7.44. The second-order valence-corrected chi connectivity index (χ2v) is 8.38. The number of anilines is 2. The van der Waals surface area contributed by atoms with Gasteiger partial charge in [-0.1, -0.05) is 54.2 Å². The van der Waals surface area contributed by atoms with E-state index < -0.39 is 5.91 Å². The SMILES string of the molecule is Cc1cccc(N2C(=O)CS/C2=N\NC(=O)c2ccccc2NC(=O)c2ccccc2)c1C. The van der Waals surface area contributed by atoms with Gasteiger partial charge < -0.3 is 5.32 Å². The largest absolute Gasteiger partial charge is 0.321 e. The van der Waals surface area contributed by atoms with Crippen LogP contribution in [0.4, 0.5) is 11.4 Å². The fraction of sp³-hybridized carbons (Fsp3) is 0.120. The summed E-state index contributed by atoms with van der Waals surface area (Å²) in [5.41, 5.74) is 6.42. The van der Waals surface area contributed by atoms with Crippen LogP contribution in [-0.2, 0) is 4.79 Å². The zero-order valence-electron chi connectivity index (χ0n) is 18.2. The van der Waals surface area contributed by atoms with E-state index in [-0.39, 0.29) is 23.1 Å². The molecule has 0 radical (unpaired) electrons. The molecule has 1 heterocycles. The van der Waals surface area contributed by atoms with E-state index in [1.54, 1.807) is 48.5 Å². The van der Waals surface area contributed by atoms with Crippen LogP contribution >= 0.6 is 11.8 Å². The van der Waals surface area contributed by atoms with Gasteiger partial charge in [0.05, 0.1) is 22.7 Å². The van der Waals surface area contributed by atoms with Crippen molar-refractivity contribution in [3.63, 3.8) is 0 Å². The number of benzene rings is 3. The first-order valence-corrected chi connectivity index (χ1v) is 11.3. The van der Waals surface area contributed by atoms with Gasteiger partial charge in [-0.15, -0.1) is 5.10 Å². The Hall–Kier alpha value is -3.91. The van der Waals surface area contributed by atoms with Gasteiger partial charge in [0.2, 0.25) is 5.91 Å². The molecule has 8 heteroatoms. The average Bonchev–Trinajstić information content (AvgIpc) is 3.20. The van der Waals surface area contributed by atoms with E-state index in [2.05, 4.69) is 15.8 Å². The molecule has 3 aromatic carbocycles. The van der Waals surface area contributed by atoms with Crippen LogP contribution < -0.4 is 15.6 Å². The van der Waals surface area contributed by atoms with Crippen molar-refractivity contribution in [1.29, 1.82) is 0 Å². The number of hydrazone groups is 1. The van der Waals surface area contributed by atoms with Crippen molar-refractivity contribution < 1.29 is 14.4 Å². The normalized spacial score (nSPS) is 14.4. The lowest BCUT2D eigenvalue weighted by atomic mass is 10.1. The highest BCUT2D eigenvalue weighted by atomic mass is 32.2. The summed E-state index contributed by atoms with van der Waals surface area (Å²) in [5, 5.41) is 7.40. The number of carbonyl (C=O) groups excluding carboxylic acids is 3. The van der Waals surface area contributed by atoms with Gasteiger partial charge in [-0.3, -0.25) is 19.3 Å². The van der Waals surface area contributed by atoms with Crippen molar-refractivity contribution in [2.45, 2.75) is 13.8 Å². The number of hydrogen-bond acceptors (Lipinski definition) is 5. The molecule has 7 nitrogen and oxygen atoms in total. The molecule has 0 aromatic heterocycles. The maximum Gasteiger partial charge on any atom is 0.273 e. The molecular formula is C25H22N4O3S. The highest BCUT2D eigenvalue weighted by Gasteiger charge is 2.31. The molecule has 33 heavy (non-hydrogen) atoms. The van der Waals surface area contributed by atoms with Gasteiger partial charge in [0.15, 0.2) is 5.17 Å². The predicted octanol–water partition coefficient (Wildman–Crippen LogP) is 4.34. The van der Waals surface area contributed by atoms with Crippen molar-refractivity contribution in [2.75, 3.05) is 16.0 Å². The summed E-state index contributed by atoms with van der Waals surface area (Å²) in [7, 11) is 0. The lowest BCUT2D eigenvalue weighted by Gasteiger charge is -2.19. The third-order valence-corrected chi connectivity index (χ3v) is 6.21. The Balaban J connectivity index is 1.54. The van der Waals surface area contributed by atoms with E-state index in [0.29, 0.717) is 16.4 Å². The molecule has 0 saturated carbocycles. The first-order chi connectivity index (χ1) is 16.0. The van der Waals surface area contributed by atoms with Gasteiger partial charge in [-0.25, -0.2) is 5.43 Å². The zero-order chi connectivity index (χ0) is 23.4. The minimum absolute atomic E-state index is 0.0998. The summed E-state index contributed by atoms with van der Waals surface area (Å²) in [4.78, 5) is 39.5. The molecule has 0 spiro atoms. The van der Waals surface area contributed by atoms with Gasteiger partial charge in [0.25, 0.3) is 11.8 Å². The van der Waals surface area contributed by atoms with Gasteiger partial charge in [-0.2, -0.15) is 0 Å². The number of aryl methyl sites for hydroxylation is 1. The van der Waals surface area contributed by atoms with Crippen LogP contribution in [0.1, 0.15) is 31.8 Å². The first-order valence-electron chi connectivity index (χ1n) is 10.3. The molecule has 0 atom stereocenters. The Morgan fingerprint density at radius 2 is 1.64 bits per heavy atom. The number of carbonyl (C=O) groups is 3. The Morgan fingerprint density at radius 1 is 0.909 bits per heavy atom. The Kier molecular flexibility index (Phi) is 6.55. The molecule has 166 valence electrons. The fourth-order valence-corrected chi connectivity index (χ4v) is 4.21. The maximum absolute atomic E-state index is 12.9. The third kappa shape index (κ3) is 4.80. The van der Waals surface area contributed by atoms with Gasteiger partial charge >= 0.3 is 0 Å². The van der Waals surface area contributed by atoms with Gasteiger partial charge in [-0.05, 0) is 55.3 Å². The van der Waals surface area contributed by atoms with Crippen LogP contribution in [0.5, 0.6) is 0 Å². The molecule has 4 rings (SSSR count). The molecule has 1 aliphatic heterocycles. The number of amidine groups is 1. The summed E-state index contributed by atoms with van der Waals surface area (Å²) in [6.07, 6.45) is 0. The highest BCUT2D eigenvalue weighted by Crippen LogP contribution is 2.30. The summed E-state index contributed by atoms with van der Waals surface area (Å²) >= 11 is 1.26. The van der Waals surface area contributed by atoms with Crippen molar-refractivity contribution >= 4 is 46.0 Å². The predicted molar refractivity (Wildman–Crippen MR) is 132 cm³/mol. The van der Waals surface area contributed by atoms with Crippen molar-refractivity contribution in [2.24, 2.45) is 5.10 Å². The van der Waals surface area contributed by atoms with E-state index in [1.165, 1.54) is 16.7 Å². The number of para-hydroxylation sites is 1. The molecule has 0 aliphatic carbocycles. The molecule has 2 N–H and O–H groups in total. The van der Waals surface area contributed by atoms with Crippen LogP contribution in [-0.4, -0.2) is 28.6 Å². The van der Waals surface area contributed by atoms with Crippen LogP contribution in [0.2, 0.25) is 0 Å².